The number of benzene rings is 1. The van der Waals surface area contributed by atoms with Gasteiger partial charge in [0.1, 0.15) is 0 Å². The molecule has 1 heterocycles. The van der Waals surface area contributed by atoms with Crippen molar-refractivity contribution in [3.8, 4) is 0 Å². The molecule has 0 aliphatic carbocycles. The zero-order chi connectivity index (χ0) is 11.8. The van der Waals surface area contributed by atoms with E-state index in [2.05, 4.69) is 9.72 Å². The summed E-state index contributed by atoms with van der Waals surface area (Å²) < 4.78 is 28.8. The fourth-order valence-corrected chi connectivity index (χ4v) is 3.57. The Bertz CT molecular complexity index is 619. The Balaban J connectivity index is 2.55. The molecule has 0 fully saturated rings. The third-order valence-electron chi connectivity index (χ3n) is 1.93. The van der Waals surface area contributed by atoms with Crippen molar-refractivity contribution in [2.75, 3.05) is 18.8 Å². The Labute approximate surface area is 96.8 Å². The number of thiazole rings is 1. The summed E-state index contributed by atoms with van der Waals surface area (Å²) in [5, 5.41) is 0. The van der Waals surface area contributed by atoms with E-state index in [1.165, 1.54) is 7.11 Å². The van der Waals surface area contributed by atoms with Crippen molar-refractivity contribution >= 4 is 37.1 Å². The Morgan fingerprint density at radius 3 is 2.94 bits per heavy atom. The largest absolute Gasteiger partial charge is 0.399 e. The smallest absolute Gasteiger partial charge is 0.229 e. The van der Waals surface area contributed by atoms with Crippen LogP contribution >= 0.6 is 11.3 Å². The van der Waals surface area contributed by atoms with Crippen LogP contribution in [0.3, 0.4) is 0 Å². The van der Waals surface area contributed by atoms with Crippen LogP contribution in [-0.4, -0.2) is 26.5 Å². The lowest BCUT2D eigenvalue weighted by Gasteiger charge is -1.96. The van der Waals surface area contributed by atoms with Crippen LogP contribution in [0.2, 0.25) is 0 Å². The van der Waals surface area contributed by atoms with Crippen LogP contribution in [0.1, 0.15) is 0 Å². The van der Waals surface area contributed by atoms with Crippen LogP contribution < -0.4 is 5.73 Å². The molecular formula is C9H10N2O3S2. The van der Waals surface area contributed by atoms with E-state index >= 15 is 0 Å². The van der Waals surface area contributed by atoms with Crippen molar-refractivity contribution in [2.45, 2.75) is 4.34 Å². The molecular weight excluding hydrogens is 248 g/mol. The lowest BCUT2D eigenvalue weighted by molar-refractivity contribution is 0.249. The van der Waals surface area contributed by atoms with Gasteiger partial charge in [0.25, 0.3) is 0 Å². The second-order valence-corrected chi connectivity index (χ2v) is 6.37. The van der Waals surface area contributed by atoms with Crippen LogP contribution in [0.5, 0.6) is 0 Å². The fraction of sp³-hybridized carbons (Fsp3) is 0.222. The minimum Gasteiger partial charge on any atom is -0.399 e. The zero-order valence-corrected chi connectivity index (χ0v) is 10.1. The molecule has 5 nitrogen and oxygen atoms in total. The molecule has 0 aliphatic rings. The first-order valence-electron chi connectivity index (χ1n) is 4.41. The Morgan fingerprint density at radius 1 is 1.50 bits per heavy atom. The van der Waals surface area contributed by atoms with Crippen LogP contribution in [0.15, 0.2) is 22.5 Å². The molecule has 0 spiro atoms. The molecule has 86 valence electrons. The van der Waals surface area contributed by atoms with E-state index in [1.807, 2.05) is 0 Å². The average Bonchev–Trinajstić information content (AvgIpc) is 2.61. The van der Waals surface area contributed by atoms with Gasteiger partial charge in [-0.05, 0) is 18.2 Å². The minimum absolute atomic E-state index is 0.0648. The number of anilines is 1. The predicted octanol–water partition coefficient (Wildman–Crippen LogP) is 1.26. The summed E-state index contributed by atoms with van der Waals surface area (Å²) in [6.07, 6.45) is 0. The highest BCUT2D eigenvalue weighted by molar-refractivity contribution is 7.93. The first-order chi connectivity index (χ1) is 7.53. The van der Waals surface area contributed by atoms with Gasteiger partial charge in [0.2, 0.25) is 14.2 Å². The van der Waals surface area contributed by atoms with Crippen molar-refractivity contribution < 1.29 is 13.2 Å². The van der Waals surface area contributed by atoms with Gasteiger partial charge in [-0.25, -0.2) is 13.4 Å². The Morgan fingerprint density at radius 2 is 2.25 bits per heavy atom. The number of nitrogens with two attached hydrogens (primary N) is 1. The van der Waals surface area contributed by atoms with Crippen LogP contribution in [0.25, 0.3) is 10.2 Å². The normalized spacial score (nSPS) is 12.1. The quantitative estimate of drug-likeness (QED) is 0.838. The topological polar surface area (TPSA) is 82.3 Å². The minimum atomic E-state index is -3.44. The molecule has 2 aromatic rings. The highest BCUT2D eigenvalue weighted by Crippen LogP contribution is 2.27. The number of fused-ring (bicyclic) bond motifs is 1. The van der Waals surface area contributed by atoms with Gasteiger partial charge in [0.15, 0.2) is 5.94 Å². The molecule has 2 N–H and O–H groups in total. The monoisotopic (exact) mass is 258 g/mol. The number of methoxy groups -OCH3 is 1. The molecule has 0 aliphatic heterocycles. The van der Waals surface area contributed by atoms with Gasteiger partial charge in [-0.2, -0.15) is 0 Å². The summed E-state index contributed by atoms with van der Waals surface area (Å²) in [4.78, 5) is 4.04. The number of aromatic nitrogens is 1. The van der Waals surface area contributed by atoms with E-state index in [9.17, 15) is 8.42 Å². The highest BCUT2D eigenvalue weighted by atomic mass is 32.2. The molecule has 7 heteroatoms. The zero-order valence-electron chi connectivity index (χ0n) is 8.50. The number of nitrogens with zero attached hydrogens (tertiary/aromatic N) is 1. The van der Waals surface area contributed by atoms with Gasteiger partial charge >= 0.3 is 0 Å². The molecule has 0 amide bonds. The van der Waals surface area contributed by atoms with Gasteiger partial charge in [-0.15, -0.1) is 11.3 Å². The molecule has 0 unspecified atom stereocenters. The highest BCUT2D eigenvalue weighted by Gasteiger charge is 2.19. The first-order valence-corrected chi connectivity index (χ1v) is 6.87. The van der Waals surface area contributed by atoms with E-state index in [1.54, 1.807) is 18.2 Å². The van der Waals surface area contributed by atoms with E-state index in [4.69, 9.17) is 5.73 Å². The summed E-state index contributed by atoms with van der Waals surface area (Å²) in [6, 6.07) is 5.10. The van der Waals surface area contributed by atoms with Gasteiger partial charge in [-0.1, -0.05) is 0 Å². The number of sulfone groups is 1. The molecule has 0 atom stereocenters. The molecule has 0 saturated carbocycles. The lowest BCUT2D eigenvalue weighted by atomic mass is 10.3. The summed E-state index contributed by atoms with van der Waals surface area (Å²) in [6.45, 7) is 0. The number of hydrogen-bond donors (Lipinski definition) is 1. The summed E-state index contributed by atoms with van der Waals surface area (Å²) >= 11 is 1.10. The third kappa shape index (κ3) is 2.01. The summed E-state index contributed by atoms with van der Waals surface area (Å²) in [7, 11) is -2.10. The van der Waals surface area contributed by atoms with E-state index in [-0.39, 0.29) is 10.3 Å². The third-order valence-corrected chi connectivity index (χ3v) is 4.93. The first kappa shape index (κ1) is 11.3. The SMILES string of the molecule is COCS(=O)(=O)c1nc2ccc(N)cc2s1. The molecule has 16 heavy (non-hydrogen) atoms. The van der Waals surface area contributed by atoms with Crippen molar-refractivity contribution in [2.24, 2.45) is 0 Å². The number of rotatable bonds is 3. The molecule has 0 saturated heterocycles. The van der Waals surface area contributed by atoms with E-state index in [0.29, 0.717) is 11.2 Å². The maximum atomic E-state index is 11.7. The Hall–Kier alpha value is -1.18. The number of ether oxygens (including phenoxy) is 1. The van der Waals surface area contributed by atoms with Crippen molar-refractivity contribution in [1.29, 1.82) is 0 Å². The van der Waals surface area contributed by atoms with Crippen LogP contribution in [0, 0.1) is 0 Å². The van der Waals surface area contributed by atoms with Crippen molar-refractivity contribution in [3.05, 3.63) is 18.2 Å². The maximum Gasteiger partial charge on any atom is 0.229 e. The molecule has 1 aromatic heterocycles. The van der Waals surface area contributed by atoms with E-state index < -0.39 is 9.84 Å². The number of nitrogen functional groups attached to an aromatic ring is 1. The summed E-state index contributed by atoms with van der Waals surface area (Å²) in [5.41, 5.74) is 6.83. The van der Waals surface area contributed by atoms with Crippen LogP contribution in [-0.2, 0) is 14.6 Å². The maximum absolute atomic E-state index is 11.7. The van der Waals surface area contributed by atoms with Gasteiger partial charge in [-0.3, -0.25) is 0 Å². The van der Waals surface area contributed by atoms with Gasteiger partial charge < -0.3 is 10.5 Å². The van der Waals surface area contributed by atoms with E-state index in [0.717, 1.165) is 16.0 Å². The van der Waals surface area contributed by atoms with Crippen molar-refractivity contribution in [3.63, 3.8) is 0 Å². The average molecular weight is 258 g/mol. The standard InChI is InChI=1S/C9H10N2O3S2/c1-14-5-16(12,13)9-11-7-3-2-6(10)4-8(7)15-9/h2-4H,5,10H2,1H3. The van der Waals surface area contributed by atoms with Gasteiger partial charge in [0, 0.05) is 12.8 Å². The molecule has 0 radical (unpaired) electrons. The van der Waals surface area contributed by atoms with Gasteiger partial charge in [0.05, 0.1) is 10.2 Å². The summed E-state index contributed by atoms with van der Waals surface area (Å²) in [5.74, 6) is -0.359. The molecule has 1 aromatic carbocycles. The predicted molar refractivity (Wildman–Crippen MR) is 63.1 cm³/mol. The fourth-order valence-electron chi connectivity index (χ4n) is 1.26. The molecule has 0 bridgehead atoms. The second-order valence-electron chi connectivity index (χ2n) is 3.23. The van der Waals surface area contributed by atoms with Crippen molar-refractivity contribution in [1.82, 2.24) is 4.98 Å². The molecule has 2 rings (SSSR count). The number of hydrogen-bond acceptors (Lipinski definition) is 6. The van der Waals surface area contributed by atoms with Crippen LogP contribution in [0.4, 0.5) is 5.69 Å². The second kappa shape index (κ2) is 4.00. The Kier molecular flexibility index (Phi) is 2.83. The lowest BCUT2D eigenvalue weighted by Crippen LogP contribution is -2.07.